The van der Waals surface area contributed by atoms with Gasteiger partial charge in [0.25, 0.3) is 0 Å². The van der Waals surface area contributed by atoms with Crippen molar-refractivity contribution in [2.45, 2.75) is 31.7 Å². The Labute approximate surface area is 116 Å². The summed E-state index contributed by atoms with van der Waals surface area (Å²) in [5.74, 6) is -0.725. The lowest BCUT2D eigenvalue weighted by molar-refractivity contribution is -0.143. The summed E-state index contributed by atoms with van der Waals surface area (Å²) in [6.45, 7) is 0. The number of benzene rings is 1. The fraction of sp³-hybridized carbons (Fsp3) is 0.429. The average molecular weight is 272 g/mol. The Hall–Kier alpha value is -2.24. The molecule has 2 atom stereocenters. The number of aliphatic carboxylic acids is 1. The van der Waals surface area contributed by atoms with Crippen LogP contribution in [0.1, 0.15) is 25.7 Å². The molecule has 1 aromatic heterocycles. The molecule has 20 heavy (non-hydrogen) atoms. The number of anilines is 1. The maximum absolute atomic E-state index is 11.3. The molecule has 6 heteroatoms. The van der Waals surface area contributed by atoms with Gasteiger partial charge in [0.2, 0.25) is 5.95 Å². The Kier molecular flexibility index (Phi) is 3.45. The van der Waals surface area contributed by atoms with Crippen LogP contribution in [0.5, 0.6) is 0 Å². The van der Waals surface area contributed by atoms with E-state index < -0.39 is 5.97 Å². The maximum Gasteiger partial charge on any atom is 0.308 e. The van der Waals surface area contributed by atoms with Gasteiger partial charge in [-0.3, -0.25) is 4.79 Å². The van der Waals surface area contributed by atoms with E-state index in [0.29, 0.717) is 12.4 Å². The highest BCUT2D eigenvalue weighted by molar-refractivity contribution is 5.74. The third-order valence-electron chi connectivity index (χ3n) is 3.76. The van der Waals surface area contributed by atoms with Gasteiger partial charge in [-0.25, -0.2) is 4.98 Å². The average Bonchev–Trinajstić information content (AvgIpc) is 2.47. The van der Waals surface area contributed by atoms with E-state index in [1.807, 2.05) is 24.3 Å². The van der Waals surface area contributed by atoms with Gasteiger partial charge in [-0.05, 0) is 25.0 Å². The number of rotatable bonds is 3. The maximum atomic E-state index is 11.3. The van der Waals surface area contributed by atoms with Gasteiger partial charge in [-0.2, -0.15) is 0 Å². The van der Waals surface area contributed by atoms with Gasteiger partial charge in [0.15, 0.2) is 0 Å². The first-order valence-electron chi connectivity index (χ1n) is 6.83. The second-order valence-corrected chi connectivity index (χ2v) is 5.10. The molecule has 2 N–H and O–H groups in total. The number of carboxylic acid groups (broad SMARTS) is 1. The molecule has 104 valence electrons. The van der Waals surface area contributed by atoms with E-state index in [9.17, 15) is 9.90 Å². The van der Waals surface area contributed by atoms with Gasteiger partial charge >= 0.3 is 5.97 Å². The number of hydrogen-bond donors (Lipinski definition) is 2. The zero-order chi connectivity index (χ0) is 13.9. The molecule has 2 unspecified atom stereocenters. The molecule has 0 spiro atoms. The zero-order valence-corrected chi connectivity index (χ0v) is 11.0. The van der Waals surface area contributed by atoms with Crippen molar-refractivity contribution in [2.24, 2.45) is 5.92 Å². The molecule has 1 fully saturated rings. The predicted octanol–water partition coefficient (Wildman–Crippen LogP) is 2.08. The first-order valence-corrected chi connectivity index (χ1v) is 6.83. The molecule has 1 heterocycles. The van der Waals surface area contributed by atoms with Gasteiger partial charge in [-0.1, -0.05) is 25.0 Å². The Morgan fingerprint density at radius 3 is 2.70 bits per heavy atom. The van der Waals surface area contributed by atoms with Crippen molar-refractivity contribution >= 4 is 23.0 Å². The smallest absolute Gasteiger partial charge is 0.308 e. The molecule has 6 nitrogen and oxygen atoms in total. The van der Waals surface area contributed by atoms with E-state index in [0.717, 1.165) is 30.3 Å². The first kappa shape index (κ1) is 12.8. The molecule has 1 aliphatic carbocycles. The third kappa shape index (κ3) is 2.54. The second-order valence-electron chi connectivity index (χ2n) is 5.10. The summed E-state index contributed by atoms with van der Waals surface area (Å²) in [4.78, 5) is 15.7. The van der Waals surface area contributed by atoms with E-state index in [1.165, 1.54) is 0 Å². The minimum atomic E-state index is -0.754. The SMILES string of the molecule is O=C(O)C1CCCCC1Nc1nnc2ccccc2n1. The van der Waals surface area contributed by atoms with Gasteiger partial charge in [0, 0.05) is 6.04 Å². The third-order valence-corrected chi connectivity index (χ3v) is 3.76. The number of nitrogens with zero attached hydrogens (tertiary/aromatic N) is 3. The number of carbonyl (C=O) groups is 1. The van der Waals surface area contributed by atoms with Gasteiger partial charge in [-0.15, -0.1) is 10.2 Å². The van der Waals surface area contributed by atoms with Crippen LogP contribution in [0, 0.1) is 5.92 Å². The molecular formula is C14H16N4O2. The molecule has 0 bridgehead atoms. The fourth-order valence-corrected chi connectivity index (χ4v) is 2.71. The van der Waals surface area contributed by atoms with Crippen LogP contribution in [0.4, 0.5) is 5.95 Å². The largest absolute Gasteiger partial charge is 0.481 e. The second kappa shape index (κ2) is 5.40. The van der Waals surface area contributed by atoms with Crippen LogP contribution < -0.4 is 5.32 Å². The summed E-state index contributed by atoms with van der Waals surface area (Å²) in [5.41, 5.74) is 1.49. The van der Waals surface area contributed by atoms with E-state index in [4.69, 9.17) is 0 Å². The Bertz CT molecular complexity index is 631. The molecular weight excluding hydrogens is 256 g/mol. The summed E-state index contributed by atoms with van der Waals surface area (Å²) < 4.78 is 0. The van der Waals surface area contributed by atoms with E-state index in [-0.39, 0.29) is 12.0 Å². The number of carboxylic acids is 1. The van der Waals surface area contributed by atoms with Crippen molar-refractivity contribution in [3.05, 3.63) is 24.3 Å². The van der Waals surface area contributed by atoms with E-state index >= 15 is 0 Å². The topological polar surface area (TPSA) is 88.0 Å². The van der Waals surface area contributed by atoms with Crippen LogP contribution in [0.25, 0.3) is 11.0 Å². The predicted molar refractivity (Wildman–Crippen MR) is 74.3 cm³/mol. The summed E-state index contributed by atoms with van der Waals surface area (Å²) in [5, 5.41) is 20.5. The molecule has 3 rings (SSSR count). The molecule has 1 aliphatic rings. The van der Waals surface area contributed by atoms with Crippen LogP contribution >= 0.6 is 0 Å². The van der Waals surface area contributed by atoms with Gasteiger partial charge in [0.05, 0.1) is 11.4 Å². The summed E-state index contributed by atoms with van der Waals surface area (Å²) in [6, 6.07) is 7.36. The quantitative estimate of drug-likeness (QED) is 0.889. The number of aromatic nitrogens is 3. The summed E-state index contributed by atoms with van der Waals surface area (Å²) in [7, 11) is 0. The lowest BCUT2D eigenvalue weighted by atomic mass is 9.84. The van der Waals surface area contributed by atoms with Crippen molar-refractivity contribution in [2.75, 3.05) is 5.32 Å². The minimum absolute atomic E-state index is 0.121. The van der Waals surface area contributed by atoms with Crippen molar-refractivity contribution in [3.63, 3.8) is 0 Å². The summed E-state index contributed by atoms with van der Waals surface area (Å²) >= 11 is 0. The molecule has 1 saturated carbocycles. The van der Waals surface area contributed by atoms with Gasteiger partial charge < -0.3 is 10.4 Å². The van der Waals surface area contributed by atoms with E-state index in [1.54, 1.807) is 0 Å². The monoisotopic (exact) mass is 272 g/mol. The van der Waals surface area contributed by atoms with Crippen molar-refractivity contribution in [3.8, 4) is 0 Å². The Balaban J connectivity index is 1.82. The molecule has 0 radical (unpaired) electrons. The normalized spacial score (nSPS) is 22.6. The number of nitrogens with one attached hydrogen (secondary N) is 1. The van der Waals surface area contributed by atoms with Crippen molar-refractivity contribution in [1.29, 1.82) is 0 Å². The molecule has 2 aromatic rings. The van der Waals surface area contributed by atoms with E-state index in [2.05, 4.69) is 20.5 Å². The lowest BCUT2D eigenvalue weighted by Crippen LogP contribution is -2.37. The lowest BCUT2D eigenvalue weighted by Gasteiger charge is -2.29. The Morgan fingerprint density at radius 2 is 1.90 bits per heavy atom. The van der Waals surface area contributed by atoms with Crippen LogP contribution in [0.15, 0.2) is 24.3 Å². The Morgan fingerprint density at radius 1 is 1.15 bits per heavy atom. The number of fused-ring (bicyclic) bond motifs is 1. The van der Waals surface area contributed by atoms with Crippen LogP contribution in [0.3, 0.4) is 0 Å². The molecule has 1 aromatic carbocycles. The van der Waals surface area contributed by atoms with Crippen molar-refractivity contribution in [1.82, 2.24) is 15.2 Å². The van der Waals surface area contributed by atoms with Gasteiger partial charge in [0.1, 0.15) is 5.52 Å². The van der Waals surface area contributed by atoms with Crippen molar-refractivity contribution < 1.29 is 9.90 Å². The zero-order valence-electron chi connectivity index (χ0n) is 11.0. The highest BCUT2D eigenvalue weighted by atomic mass is 16.4. The fourth-order valence-electron chi connectivity index (χ4n) is 2.71. The minimum Gasteiger partial charge on any atom is -0.481 e. The first-order chi connectivity index (χ1) is 9.74. The standard InChI is InChI=1S/C14H16N4O2/c19-13(20)9-5-1-2-6-10(9)15-14-16-11-7-3-4-8-12(11)17-18-14/h3-4,7-10H,1-2,5-6H2,(H,19,20)(H,15,16,18). The molecule has 0 aliphatic heterocycles. The highest BCUT2D eigenvalue weighted by Crippen LogP contribution is 2.26. The van der Waals surface area contributed by atoms with Crippen LogP contribution in [-0.4, -0.2) is 32.3 Å². The number of para-hydroxylation sites is 1. The number of hydrogen-bond acceptors (Lipinski definition) is 5. The summed E-state index contributed by atoms with van der Waals surface area (Å²) in [6.07, 6.45) is 3.52. The van der Waals surface area contributed by atoms with Crippen LogP contribution in [0.2, 0.25) is 0 Å². The van der Waals surface area contributed by atoms with Crippen LogP contribution in [-0.2, 0) is 4.79 Å². The highest BCUT2D eigenvalue weighted by Gasteiger charge is 2.31. The molecule has 0 amide bonds. The molecule has 0 saturated heterocycles.